The van der Waals surface area contributed by atoms with Gasteiger partial charge in [-0.1, -0.05) is 0 Å². The molecule has 0 bridgehead atoms. The first-order valence-electron chi connectivity index (χ1n) is 5.67. The largest absolute Gasteiger partial charge is 0.478 e. The average molecular weight is 251 g/mol. The van der Waals surface area contributed by atoms with Gasteiger partial charge in [0.15, 0.2) is 0 Å². The zero-order valence-corrected chi connectivity index (χ0v) is 10.7. The predicted octanol–water partition coefficient (Wildman–Crippen LogP) is 1.98. The van der Waals surface area contributed by atoms with Crippen molar-refractivity contribution in [3.63, 3.8) is 0 Å². The van der Waals surface area contributed by atoms with Gasteiger partial charge < -0.3 is 15.2 Å². The van der Waals surface area contributed by atoms with Gasteiger partial charge in [-0.2, -0.15) is 0 Å². The molecule has 0 aromatic heterocycles. The number of aryl methyl sites for hydroxylation is 1. The second-order valence-corrected chi connectivity index (χ2v) is 3.96. The van der Waals surface area contributed by atoms with Crippen LogP contribution in [0.2, 0.25) is 0 Å². The first-order chi connectivity index (χ1) is 8.45. The summed E-state index contributed by atoms with van der Waals surface area (Å²) in [5.41, 5.74) is 2.19. The Balaban J connectivity index is 2.90. The molecule has 0 fully saturated rings. The van der Waals surface area contributed by atoms with Crippen molar-refractivity contribution in [2.45, 2.75) is 20.8 Å². The molecular weight excluding hydrogens is 234 g/mol. The van der Waals surface area contributed by atoms with Crippen LogP contribution >= 0.6 is 0 Å². The van der Waals surface area contributed by atoms with Gasteiger partial charge in [0.2, 0.25) is 5.91 Å². The maximum Gasteiger partial charge on any atom is 0.336 e. The third-order valence-corrected chi connectivity index (χ3v) is 2.62. The van der Waals surface area contributed by atoms with Crippen LogP contribution in [0.25, 0.3) is 0 Å². The number of carbonyl (C=O) groups is 2. The van der Waals surface area contributed by atoms with Crippen LogP contribution in [0.4, 0.5) is 5.69 Å². The van der Waals surface area contributed by atoms with E-state index < -0.39 is 5.97 Å². The van der Waals surface area contributed by atoms with E-state index in [1.807, 2.05) is 0 Å². The van der Waals surface area contributed by atoms with E-state index in [4.69, 9.17) is 9.84 Å². The molecular formula is C13H17NO4. The molecule has 0 radical (unpaired) electrons. The smallest absolute Gasteiger partial charge is 0.336 e. The number of hydrogen-bond acceptors (Lipinski definition) is 3. The first-order valence-corrected chi connectivity index (χ1v) is 5.67. The lowest BCUT2D eigenvalue weighted by Gasteiger charge is -2.10. The summed E-state index contributed by atoms with van der Waals surface area (Å²) in [6.07, 6.45) is 0. The molecule has 2 N–H and O–H groups in total. The standard InChI is InChI=1S/C13H17NO4/c1-4-18-7-12(15)14-10-5-8(2)9(3)11(6-10)13(16)17/h5-6H,4,7H2,1-3H3,(H,14,15)(H,16,17). The molecule has 0 unspecified atom stereocenters. The van der Waals surface area contributed by atoms with Crippen LogP contribution in [0.1, 0.15) is 28.4 Å². The Morgan fingerprint density at radius 2 is 2.00 bits per heavy atom. The summed E-state index contributed by atoms with van der Waals surface area (Å²) in [4.78, 5) is 22.5. The van der Waals surface area contributed by atoms with Crippen molar-refractivity contribution < 1.29 is 19.4 Å². The highest BCUT2D eigenvalue weighted by atomic mass is 16.5. The van der Waals surface area contributed by atoms with Gasteiger partial charge in [-0.3, -0.25) is 4.79 Å². The van der Waals surface area contributed by atoms with E-state index in [0.717, 1.165) is 5.56 Å². The number of ether oxygens (including phenoxy) is 1. The Labute approximate surface area is 106 Å². The van der Waals surface area contributed by atoms with E-state index in [1.165, 1.54) is 6.07 Å². The Hall–Kier alpha value is -1.88. The van der Waals surface area contributed by atoms with E-state index in [9.17, 15) is 9.59 Å². The van der Waals surface area contributed by atoms with Crippen molar-refractivity contribution in [1.29, 1.82) is 0 Å². The van der Waals surface area contributed by atoms with Crippen LogP contribution in [0, 0.1) is 13.8 Å². The summed E-state index contributed by atoms with van der Waals surface area (Å²) in [5, 5.41) is 11.7. The quantitative estimate of drug-likeness (QED) is 0.839. The molecule has 98 valence electrons. The highest BCUT2D eigenvalue weighted by Gasteiger charge is 2.12. The lowest BCUT2D eigenvalue weighted by atomic mass is 10.0. The van der Waals surface area contributed by atoms with E-state index >= 15 is 0 Å². The number of hydrogen-bond donors (Lipinski definition) is 2. The Morgan fingerprint density at radius 1 is 1.33 bits per heavy atom. The average Bonchev–Trinajstić information content (AvgIpc) is 2.30. The fourth-order valence-corrected chi connectivity index (χ4v) is 1.55. The molecule has 0 saturated heterocycles. The van der Waals surface area contributed by atoms with Crippen LogP contribution in [-0.4, -0.2) is 30.2 Å². The molecule has 0 aliphatic carbocycles. The van der Waals surface area contributed by atoms with Crippen molar-refractivity contribution in [2.75, 3.05) is 18.5 Å². The van der Waals surface area contributed by atoms with Gasteiger partial charge in [0.1, 0.15) is 6.61 Å². The molecule has 0 aliphatic heterocycles. The number of carboxylic acids is 1. The number of carboxylic acid groups (broad SMARTS) is 1. The number of rotatable bonds is 5. The van der Waals surface area contributed by atoms with E-state index in [-0.39, 0.29) is 18.1 Å². The highest BCUT2D eigenvalue weighted by molar-refractivity contribution is 5.95. The highest BCUT2D eigenvalue weighted by Crippen LogP contribution is 2.20. The van der Waals surface area contributed by atoms with Crippen molar-refractivity contribution >= 4 is 17.6 Å². The van der Waals surface area contributed by atoms with Gasteiger partial charge in [-0.25, -0.2) is 4.79 Å². The van der Waals surface area contributed by atoms with Crippen LogP contribution in [0.5, 0.6) is 0 Å². The molecule has 0 spiro atoms. The molecule has 18 heavy (non-hydrogen) atoms. The van der Waals surface area contributed by atoms with Gasteiger partial charge >= 0.3 is 5.97 Å². The second-order valence-electron chi connectivity index (χ2n) is 3.96. The summed E-state index contributed by atoms with van der Waals surface area (Å²) in [6.45, 7) is 5.77. The van der Waals surface area contributed by atoms with Crippen LogP contribution < -0.4 is 5.32 Å². The minimum atomic E-state index is -1.00. The third-order valence-electron chi connectivity index (χ3n) is 2.62. The van der Waals surface area contributed by atoms with Gasteiger partial charge in [0, 0.05) is 12.3 Å². The SMILES string of the molecule is CCOCC(=O)Nc1cc(C)c(C)c(C(=O)O)c1. The number of anilines is 1. The van der Waals surface area contributed by atoms with Gasteiger partial charge in [-0.05, 0) is 44.0 Å². The van der Waals surface area contributed by atoms with E-state index in [0.29, 0.717) is 17.9 Å². The topological polar surface area (TPSA) is 75.6 Å². The summed E-state index contributed by atoms with van der Waals surface area (Å²) in [7, 11) is 0. The summed E-state index contributed by atoms with van der Waals surface area (Å²) < 4.78 is 4.97. The molecule has 0 heterocycles. The maximum absolute atomic E-state index is 11.5. The summed E-state index contributed by atoms with van der Waals surface area (Å²) in [5.74, 6) is -1.30. The molecule has 0 aliphatic rings. The summed E-state index contributed by atoms with van der Waals surface area (Å²) >= 11 is 0. The molecule has 0 saturated carbocycles. The molecule has 1 amide bonds. The third kappa shape index (κ3) is 3.56. The molecule has 1 rings (SSSR count). The van der Waals surface area contributed by atoms with E-state index in [1.54, 1.807) is 26.8 Å². The zero-order chi connectivity index (χ0) is 13.7. The zero-order valence-electron chi connectivity index (χ0n) is 10.7. The van der Waals surface area contributed by atoms with E-state index in [2.05, 4.69) is 5.32 Å². The molecule has 5 heteroatoms. The van der Waals surface area contributed by atoms with Crippen molar-refractivity contribution in [3.8, 4) is 0 Å². The summed E-state index contributed by atoms with van der Waals surface area (Å²) in [6, 6.07) is 3.19. The number of carbonyl (C=O) groups excluding carboxylic acids is 1. The fraction of sp³-hybridized carbons (Fsp3) is 0.385. The minimum Gasteiger partial charge on any atom is -0.478 e. The lowest BCUT2D eigenvalue weighted by molar-refractivity contribution is -0.120. The van der Waals surface area contributed by atoms with Crippen LogP contribution in [0.3, 0.4) is 0 Å². The number of aromatic carboxylic acids is 1. The monoisotopic (exact) mass is 251 g/mol. The van der Waals surface area contributed by atoms with Gasteiger partial charge in [-0.15, -0.1) is 0 Å². The van der Waals surface area contributed by atoms with Gasteiger partial charge in [0.25, 0.3) is 0 Å². The number of benzene rings is 1. The molecule has 1 aromatic carbocycles. The minimum absolute atomic E-state index is 0.0359. The first kappa shape index (κ1) is 14.2. The number of nitrogens with one attached hydrogen (secondary N) is 1. The van der Waals surface area contributed by atoms with Crippen molar-refractivity contribution in [1.82, 2.24) is 0 Å². The Morgan fingerprint density at radius 3 is 2.56 bits per heavy atom. The van der Waals surface area contributed by atoms with Crippen molar-refractivity contribution in [2.24, 2.45) is 0 Å². The maximum atomic E-state index is 11.5. The van der Waals surface area contributed by atoms with Gasteiger partial charge in [0.05, 0.1) is 5.56 Å². The van der Waals surface area contributed by atoms with Crippen LogP contribution in [0.15, 0.2) is 12.1 Å². The Kier molecular flexibility index (Phi) is 4.85. The normalized spacial score (nSPS) is 10.2. The lowest BCUT2D eigenvalue weighted by Crippen LogP contribution is -2.18. The fourth-order valence-electron chi connectivity index (χ4n) is 1.55. The van der Waals surface area contributed by atoms with Crippen molar-refractivity contribution in [3.05, 3.63) is 28.8 Å². The van der Waals surface area contributed by atoms with Crippen LogP contribution in [-0.2, 0) is 9.53 Å². The molecule has 5 nitrogen and oxygen atoms in total. The second kappa shape index (κ2) is 6.16. The molecule has 1 aromatic rings. The Bertz CT molecular complexity index is 468. The predicted molar refractivity (Wildman–Crippen MR) is 68.0 cm³/mol. The molecule has 0 atom stereocenters. The number of amides is 1.